The second kappa shape index (κ2) is 12.1. The fraction of sp³-hybridized carbons (Fsp3) is 0.362. The van der Waals surface area contributed by atoms with E-state index in [1.807, 2.05) is 0 Å². The number of fused-ring (bicyclic) bond motifs is 3. The lowest BCUT2D eigenvalue weighted by Crippen LogP contribution is -2.19. The Kier molecular flexibility index (Phi) is 8.18. The number of hydrogen-bond acceptors (Lipinski definition) is 1. The van der Waals surface area contributed by atoms with Crippen LogP contribution in [0.3, 0.4) is 0 Å². The fourth-order valence-corrected chi connectivity index (χ4v) is 8.50. The van der Waals surface area contributed by atoms with E-state index in [0.29, 0.717) is 5.92 Å². The molecule has 0 bridgehead atoms. The number of hydrogen-bond donors (Lipinski definition) is 0. The fourth-order valence-electron chi connectivity index (χ4n) is 8.50. The van der Waals surface area contributed by atoms with Crippen LogP contribution in [0.4, 0.5) is 17.1 Å². The van der Waals surface area contributed by atoms with Crippen molar-refractivity contribution in [3.8, 4) is 22.3 Å². The first-order chi connectivity index (χ1) is 22.8. The van der Waals surface area contributed by atoms with Crippen molar-refractivity contribution < 1.29 is 0 Å². The first-order valence-electron chi connectivity index (χ1n) is 18.2. The standard InChI is InChI=1S/C47H53N/c1-45(2,3)41-19-14-20-42(46(4,5)6)44(41)34-23-27-36(28-24-34)48(35-25-21-33(22-26-35)32-15-10-9-11-16-32)37-29-30-39-38-17-12-13-18-40(38)47(7,8)43(39)31-37/h12-14,17-32H,9-11,15-16H2,1-8H3. The van der Waals surface area contributed by atoms with E-state index in [1.165, 1.54) is 99.2 Å². The van der Waals surface area contributed by atoms with Crippen molar-refractivity contribution in [1.29, 1.82) is 0 Å². The largest absolute Gasteiger partial charge is 0.310 e. The Morgan fingerprint density at radius 2 is 1.08 bits per heavy atom. The smallest absolute Gasteiger partial charge is 0.0465 e. The number of benzene rings is 5. The van der Waals surface area contributed by atoms with E-state index in [1.54, 1.807) is 0 Å². The van der Waals surface area contributed by atoms with Crippen molar-refractivity contribution in [3.05, 3.63) is 137 Å². The predicted octanol–water partition coefficient (Wildman–Crippen LogP) is 13.8. The van der Waals surface area contributed by atoms with Crippen LogP contribution in [0.15, 0.2) is 109 Å². The van der Waals surface area contributed by atoms with Gasteiger partial charge in [-0.05, 0) is 116 Å². The molecule has 5 aromatic carbocycles. The normalized spacial score (nSPS) is 16.0. The highest BCUT2D eigenvalue weighted by Crippen LogP contribution is 2.51. The van der Waals surface area contributed by atoms with Crippen molar-refractivity contribution in [2.75, 3.05) is 4.90 Å². The zero-order valence-corrected chi connectivity index (χ0v) is 30.5. The van der Waals surface area contributed by atoms with E-state index in [4.69, 9.17) is 0 Å². The minimum atomic E-state index is -0.0532. The van der Waals surface area contributed by atoms with E-state index in [-0.39, 0.29) is 16.2 Å². The minimum Gasteiger partial charge on any atom is -0.310 e. The molecule has 48 heavy (non-hydrogen) atoms. The third-order valence-electron chi connectivity index (χ3n) is 11.1. The molecule has 2 aliphatic carbocycles. The van der Waals surface area contributed by atoms with Gasteiger partial charge < -0.3 is 4.90 Å². The molecule has 2 aliphatic rings. The zero-order chi connectivity index (χ0) is 33.8. The molecule has 0 aromatic heterocycles. The summed E-state index contributed by atoms with van der Waals surface area (Å²) in [6.07, 6.45) is 6.73. The third-order valence-corrected chi connectivity index (χ3v) is 11.1. The molecule has 1 nitrogen and oxygen atoms in total. The van der Waals surface area contributed by atoms with E-state index in [9.17, 15) is 0 Å². The van der Waals surface area contributed by atoms with Crippen LogP contribution >= 0.6 is 0 Å². The Hall–Kier alpha value is -4.10. The SMILES string of the molecule is CC(C)(C)c1cccc(C(C)(C)C)c1-c1ccc(N(c2ccc(C3CCCCC3)cc2)c2ccc3c(c2)C(C)(C)c2ccccc2-3)cc1. The maximum Gasteiger partial charge on any atom is 0.0465 e. The molecule has 0 heterocycles. The third kappa shape index (κ3) is 5.80. The van der Waals surface area contributed by atoms with Gasteiger partial charge in [-0.25, -0.2) is 0 Å². The van der Waals surface area contributed by atoms with Gasteiger partial charge in [0.25, 0.3) is 0 Å². The average molecular weight is 632 g/mol. The molecule has 0 radical (unpaired) electrons. The van der Waals surface area contributed by atoms with Crippen LogP contribution in [0.25, 0.3) is 22.3 Å². The molecule has 0 N–H and O–H groups in total. The summed E-state index contributed by atoms with van der Waals surface area (Å²) in [4.78, 5) is 2.47. The molecule has 1 heteroatoms. The van der Waals surface area contributed by atoms with Gasteiger partial charge in [-0.2, -0.15) is 0 Å². The van der Waals surface area contributed by atoms with Crippen LogP contribution in [0.1, 0.15) is 121 Å². The second-order valence-electron chi connectivity index (χ2n) is 16.9. The molecular weight excluding hydrogens is 579 g/mol. The summed E-state index contributed by atoms with van der Waals surface area (Å²) in [6.45, 7) is 18.7. The summed E-state index contributed by atoms with van der Waals surface area (Å²) >= 11 is 0. The monoisotopic (exact) mass is 631 g/mol. The lowest BCUT2D eigenvalue weighted by atomic mass is 9.74. The average Bonchev–Trinajstić information content (AvgIpc) is 3.30. The highest BCUT2D eigenvalue weighted by atomic mass is 15.1. The van der Waals surface area contributed by atoms with Gasteiger partial charge in [0, 0.05) is 22.5 Å². The van der Waals surface area contributed by atoms with Gasteiger partial charge in [0.2, 0.25) is 0 Å². The van der Waals surface area contributed by atoms with Gasteiger partial charge >= 0.3 is 0 Å². The van der Waals surface area contributed by atoms with Crippen LogP contribution in [-0.2, 0) is 16.2 Å². The van der Waals surface area contributed by atoms with Gasteiger partial charge in [0.1, 0.15) is 0 Å². The number of nitrogens with zero attached hydrogens (tertiary/aromatic N) is 1. The molecule has 5 aromatic rings. The van der Waals surface area contributed by atoms with E-state index in [2.05, 4.69) is 169 Å². The summed E-state index contributed by atoms with van der Waals surface area (Å²) in [5, 5.41) is 0. The minimum absolute atomic E-state index is 0.0379. The van der Waals surface area contributed by atoms with Gasteiger partial charge in [-0.1, -0.05) is 147 Å². The number of rotatable bonds is 5. The van der Waals surface area contributed by atoms with Crippen molar-refractivity contribution >= 4 is 17.1 Å². The maximum absolute atomic E-state index is 2.47. The molecule has 7 rings (SSSR count). The van der Waals surface area contributed by atoms with Crippen molar-refractivity contribution in [1.82, 2.24) is 0 Å². The van der Waals surface area contributed by atoms with Crippen molar-refractivity contribution in [2.45, 2.75) is 110 Å². The Morgan fingerprint density at radius 3 is 1.69 bits per heavy atom. The lowest BCUT2D eigenvalue weighted by Gasteiger charge is -2.31. The Bertz CT molecular complexity index is 1890. The molecule has 1 fully saturated rings. The Morgan fingerprint density at radius 1 is 0.542 bits per heavy atom. The summed E-state index contributed by atoms with van der Waals surface area (Å²) < 4.78 is 0. The molecule has 0 unspecified atom stereocenters. The second-order valence-corrected chi connectivity index (χ2v) is 16.9. The molecule has 0 aliphatic heterocycles. The molecule has 246 valence electrons. The molecular formula is C47H53N. The first-order valence-corrected chi connectivity index (χ1v) is 18.2. The van der Waals surface area contributed by atoms with Crippen molar-refractivity contribution in [3.63, 3.8) is 0 Å². The number of anilines is 3. The zero-order valence-electron chi connectivity index (χ0n) is 30.5. The first kappa shape index (κ1) is 32.4. The molecule has 1 saturated carbocycles. The van der Waals surface area contributed by atoms with Gasteiger partial charge in [0.05, 0.1) is 0 Å². The molecule has 0 atom stereocenters. The van der Waals surface area contributed by atoms with Crippen LogP contribution in [0.5, 0.6) is 0 Å². The van der Waals surface area contributed by atoms with E-state index >= 15 is 0 Å². The van der Waals surface area contributed by atoms with Gasteiger partial charge in [0.15, 0.2) is 0 Å². The molecule has 0 saturated heterocycles. The Labute approximate surface area is 290 Å². The van der Waals surface area contributed by atoms with Crippen LogP contribution in [0, 0.1) is 0 Å². The van der Waals surface area contributed by atoms with Gasteiger partial charge in [-0.3, -0.25) is 0 Å². The highest BCUT2D eigenvalue weighted by Gasteiger charge is 2.36. The lowest BCUT2D eigenvalue weighted by molar-refractivity contribution is 0.443. The van der Waals surface area contributed by atoms with Gasteiger partial charge in [-0.15, -0.1) is 0 Å². The Balaban J connectivity index is 1.35. The van der Waals surface area contributed by atoms with Crippen LogP contribution < -0.4 is 4.90 Å². The highest BCUT2D eigenvalue weighted by molar-refractivity contribution is 5.86. The quantitative estimate of drug-likeness (QED) is 0.187. The van der Waals surface area contributed by atoms with Crippen LogP contribution in [0.2, 0.25) is 0 Å². The van der Waals surface area contributed by atoms with Crippen LogP contribution in [-0.4, -0.2) is 0 Å². The molecule has 0 amide bonds. The summed E-state index contributed by atoms with van der Waals surface area (Å²) in [6, 6.07) is 41.8. The summed E-state index contributed by atoms with van der Waals surface area (Å²) in [5.41, 5.74) is 16.1. The van der Waals surface area contributed by atoms with E-state index in [0.717, 1.165) is 0 Å². The molecule has 0 spiro atoms. The summed E-state index contributed by atoms with van der Waals surface area (Å²) in [5.74, 6) is 0.694. The summed E-state index contributed by atoms with van der Waals surface area (Å²) in [7, 11) is 0. The maximum atomic E-state index is 2.47. The van der Waals surface area contributed by atoms with Crippen molar-refractivity contribution in [2.24, 2.45) is 0 Å². The predicted molar refractivity (Wildman–Crippen MR) is 207 cm³/mol. The topological polar surface area (TPSA) is 3.24 Å². The van der Waals surface area contributed by atoms with E-state index < -0.39 is 0 Å².